The zero-order valence-corrected chi connectivity index (χ0v) is 26.5. The van der Waals surface area contributed by atoms with Crippen molar-refractivity contribution in [3.05, 3.63) is 59.2 Å². The first-order valence-corrected chi connectivity index (χ1v) is 15.0. The minimum atomic E-state index is 0. The molecule has 2 aliphatic rings. The van der Waals surface area contributed by atoms with Crippen LogP contribution in [-0.2, 0) is 32.2 Å². The second-order valence-electron chi connectivity index (χ2n) is 10.2. The minimum Gasteiger partial charge on any atom is -0.490 e. The van der Waals surface area contributed by atoms with Gasteiger partial charge in [-0.2, -0.15) is 0 Å². The highest BCUT2D eigenvalue weighted by molar-refractivity contribution is 5.61. The van der Waals surface area contributed by atoms with E-state index < -0.39 is 0 Å². The Balaban J connectivity index is 0. The molecule has 1 saturated heterocycles. The SMILES string of the molecule is CC=O.CN.COCCCN1CCOc2ccc(CO)cc21.COC[C@H](C)COCc1ccc(C2CCNCC2)cc1.[HH].[HH]. The predicted octanol–water partition coefficient (Wildman–Crippen LogP) is 4.64. The molecule has 0 aliphatic carbocycles. The van der Waals surface area contributed by atoms with Gasteiger partial charge in [-0.3, -0.25) is 0 Å². The van der Waals surface area contributed by atoms with E-state index in [1.807, 2.05) is 18.2 Å². The average Bonchev–Trinajstić information content (AvgIpc) is 3.04. The lowest BCUT2D eigenvalue weighted by Crippen LogP contribution is -2.34. The summed E-state index contributed by atoms with van der Waals surface area (Å²) in [7, 11) is 4.95. The number of piperidine rings is 1. The van der Waals surface area contributed by atoms with Crippen molar-refractivity contribution in [2.45, 2.75) is 52.2 Å². The molecule has 0 amide bonds. The monoisotopic (exact) mass is 593 g/mol. The van der Waals surface area contributed by atoms with Crippen LogP contribution < -0.4 is 20.7 Å². The Labute approximate surface area is 256 Å². The molecule has 4 rings (SSSR count). The number of nitrogens with one attached hydrogen (secondary N) is 1. The zero-order chi connectivity index (χ0) is 31.0. The summed E-state index contributed by atoms with van der Waals surface area (Å²) in [6.07, 6.45) is 4.26. The standard InChI is InChI=1S/C17H27NO2.C13H19NO3.C2H4O.CH5N.2H2/c1-14(11-19-2)12-20-13-15-3-5-16(6-4-15)17-7-9-18-10-8-17;1-16-7-2-5-14-6-8-17-13-4-3-11(10-15)9-12(13)14;1-2-3;1-2;;/h3-6,14,17-18H,7-13H2,1-2H3;3-4,9,15H,2,5-8,10H2,1H3;2H,1H3;2H2,1H3;2*1H/t14-;;;;;/m0...../s1. The van der Waals surface area contributed by atoms with Gasteiger partial charge in [0.15, 0.2) is 0 Å². The molecule has 0 unspecified atom stereocenters. The van der Waals surface area contributed by atoms with Gasteiger partial charge in [-0.25, -0.2) is 0 Å². The third-order valence-electron chi connectivity index (χ3n) is 6.85. The van der Waals surface area contributed by atoms with Crippen LogP contribution in [0.4, 0.5) is 5.69 Å². The molecular formula is C33H59N3O6. The number of carbonyl (C=O) groups excluding carboxylic acids is 1. The summed E-state index contributed by atoms with van der Waals surface area (Å²) in [5.41, 5.74) is 9.24. The van der Waals surface area contributed by atoms with Crippen molar-refractivity contribution in [3.63, 3.8) is 0 Å². The normalized spacial score (nSPS) is 14.9. The van der Waals surface area contributed by atoms with E-state index in [0.29, 0.717) is 12.5 Å². The number of fused-ring (bicyclic) bond motifs is 1. The fraction of sp³-hybridized carbons (Fsp3) is 0.606. The summed E-state index contributed by atoms with van der Waals surface area (Å²) < 4.78 is 21.5. The van der Waals surface area contributed by atoms with Crippen LogP contribution >= 0.6 is 0 Å². The molecule has 2 heterocycles. The number of ether oxygens (including phenoxy) is 4. The number of hydrogen-bond acceptors (Lipinski definition) is 9. The van der Waals surface area contributed by atoms with Crippen LogP contribution in [0, 0.1) is 5.92 Å². The molecule has 0 aromatic heterocycles. The molecule has 2 aromatic rings. The van der Waals surface area contributed by atoms with E-state index in [0.717, 1.165) is 88.2 Å². The number of hydrogen-bond donors (Lipinski definition) is 3. The number of anilines is 1. The number of aliphatic hydroxyl groups is 1. The van der Waals surface area contributed by atoms with E-state index in [4.69, 9.17) is 28.8 Å². The Hall–Kier alpha value is -2.53. The number of rotatable bonds is 12. The van der Waals surface area contributed by atoms with Crippen LogP contribution in [0.25, 0.3) is 0 Å². The van der Waals surface area contributed by atoms with Gasteiger partial charge >= 0.3 is 0 Å². The summed E-state index contributed by atoms with van der Waals surface area (Å²) in [4.78, 5) is 11.1. The lowest BCUT2D eigenvalue weighted by molar-refractivity contribution is -0.106. The van der Waals surface area contributed by atoms with Crippen LogP contribution in [-0.4, -0.2) is 85.3 Å². The van der Waals surface area contributed by atoms with Crippen LogP contribution in [0.2, 0.25) is 0 Å². The van der Waals surface area contributed by atoms with Crippen molar-refractivity contribution in [2.24, 2.45) is 11.7 Å². The number of aldehydes is 1. The number of aliphatic hydroxyl groups excluding tert-OH is 1. The van der Waals surface area contributed by atoms with Gasteiger partial charge < -0.3 is 44.8 Å². The first-order chi connectivity index (χ1) is 20.6. The minimum absolute atomic E-state index is 0. The van der Waals surface area contributed by atoms with E-state index in [2.05, 4.69) is 47.1 Å². The lowest BCUT2D eigenvalue weighted by Gasteiger charge is -2.31. The van der Waals surface area contributed by atoms with Gasteiger partial charge in [-0.15, -0.1) is 0 Å². The molecule has 42 heavy (non-hydrogen) atoms. The van der Waals surface area contributed by atoms with Crippen molar-refractivity contribution in [1.29, 1.82) is 0 Å². The first-order valence-electron chi connectivity index (χ1n) is 15.0. The van der Waals surface area contributed by atoms with E-state index in [1.54, 1.807) is 14.2 Å². The van der Waals surface area contributed by atoms with E-state index in [9.17, 15) is 0 Å². The van der Waals surface area contributed by atoms with Crippen molar-refractivity contribution >= 4 is 12.0 Å². The summed E-state index contributed by atoms with van der Waals surface area (Å²) in [6, 6.07) is 14.8. The summed E-state index contributed by atoms with van der Waals surface area (Å²) in [5, 5.41) is 12.6. The highest BCUT2D eigenvalue weighted by atomic mass is 16.5. The van der Waals surface area contributed by atoms with Gasteiger partial charge in [-0.1, -0.05) is 37.3 Å². The maximum absolute atomic E-state index is 9.16. The molecule has 0 spiro atoms. The molecule has 9 heteroatoms. The smallest absolute Gasteiger partial charge is 0.142 e. The largest absolute Gasteiger partial charge is 0.490 e. The molecule has 4 N–H and O–H groups in total. The van der Waals surface area contributed by atoms with Crippen molar-refractivity contribution in [2.75, 3.05) is 78.8 Å². The Morgan fingerprint density at radius 3 is 2.38 bits per heavy atom. The van der Waals surface area contributed by atoms with Gasteiger partial charge in [0, 0.05) is 36.1 Å². The summed E-state index contributed by atoms with van der Waals surface area (Å²) >= 11 is 0. The second-order valence-corrected chi connectivity index (χ2v) is 10.2. The molecule has 2 aliphatic heterocycles. The van der Waals surface area contributed by atoms with Crippen LogP contribution in [0.15, 0.2) is 42.5 Å². The zero-order valence-electron chi connectivity index (χ0n) is 26.5. The Morgan fingerprint density at radius 2 is 1.76 bits per heavy atom. The first kappa shape index (κ1) is 37.5. The van der Waals surface area contributed by atoms with Crippen molar-refractivity contribution in [3.8, 4) is 5.75 Å². The van der Waals surface area contributed by atoms with Crippen LogP contribution in [0.3, 0.4) is 0 Å². The van der Waals surface area contributed by atoms with Crippen molar-refractivity contribution < 1.29 is 31.7 Å². The maximum Gasteiger partial charge on any atom is 0.142 e. The van der Waals surface area contributed by atoms with Crippen LogP contribution in [0.1, 0.15) is 58.6 Å². The van der Waals surface area contributed by atoms with Gasteiger partial charge in [0.1, 0.15) is 18.6 Å². The molecular weight excluding hydrogens is 534 g/mol. The highest BCUT2D eigenvalue weighted by Gasteiger charge is 2.18. The maximum atomic E-state index is 9.16. The fourth-order valence-corrected chi connectivity index (χ4v) is 4.80. The molecule has 242 valence electrons. The predicted molar refractivity (Wildman–Crippen MR) is 175 cm³/mol. The van der Waals surface area contributed by atoms with Gasteiger partial charge in [-0.05, 0) is 81.1 Å². The molecule has 2 aromatic carbocycles. The van der Waals surface area contributed by atoms with Crippen LogP contribution in [0.5, 0.6) is 5.75 Å². The number of carbonyl (C=O) groups is 1. The van der Waals surface area contributed by atoms with Crippen molar-refractivity contribution in [1.82, 2.24) is 5.32 Å². The molecule has 0 saturated carbocycles. The number of benzene rings is 2. The molecule has 0 radical (unpaired) electrons. The van der Waals surface area contributed by atoms with E-state index in [-0.39, 0.29) is 9.46 Å². The topological polar surface area (TPSA) is 116 Å². The third kappa shape index (κ3) is 14.6. The Morgan fingerprint density at radius 1 is 1.10 bits per heavy atom. The molecule has 9 nitrogen and oxygen atoms in total. The van der Waals surface area contributed by atoms with Gasteiger partial charge in [0.2, 0.25) is 0 Å². The molecule has 0 bridgehead atoms. The van der Waals surface area contributed by atoms with E-state index >= 15 is 0 Å². The fourth-order valence-electron chi connectivity index (χ4n) is 4.80. The quantitative estimate of drug-likeness (QED) is 0.239. The second kappa shape index (κ2) is 24.0. The Kier molecular flexibility index (Phi) is 21.4. The summed E-state index contributed by atoms with van der Waals surface area (Å²) in [6.45, 7) is 11.5. The number of nitrogens with two attached hydrogens (primary N) is 1. The van der Waals surface area contributed by atoms with Gasteiger partial charge in [0.05, 0.1) is 38.7 Å². The third-order valence-corrected chi connectivity index (χ3v) is 6.85. The number of nitrogens with zero attached hydrogens (tertiary/aromatic N) is 1. The number of methoxy groups -OCH3 is 2. The van der Waals surface area contributed by atoms with Gasteiger partial charge in [0.25, 0.3) is 0 Å². The highest BCUT2D eigenvalue weighted by Crippen LogP contribution is 2.32. The lowest BCUT2D eigenvalue weighted by atomic mass is 9.90. The molecule has 1 atom stereocenters. The summed E-state index contributed by atoms with van der Waals surface area (Å²) in [5.74, 6) is 2.09. The molecule has 1 fully saturated rings. The Bertz CT molecular complexity index is 950. The average molecular weight is 594 g/mol. The van der Waals surface area contributed by atoms with E-state index in [1.165, 1.54) is 37.9 Å².